The number of esters is 2. The van der Waals surface area contributed by atoms with Crippen LogP contribution in [0.2, 0.25) is 0 Å². The van der Waals surface area contributed by atoms with Crippen LogP contribution in [0.25, 0.3) is 43.8 Å². The molecule has 0 saturated carbocycles. The molecule has 6 aromatic carbocycles. The van der Waals surface area contributed by atoms with Gasteiger partial charge in [-0.2, -0.15) is 0 Å². The molecule has 0 saturated heterocycles. The molecule has 0 fully saturated rings. The number of carbonyl (C=O) groups excluding carboxylic acids is 2. The molecule has 0 unspecified atom stereocenters. The Labute approximate surface area is 225 Å². The number of rotatable bonds is 0. The molecule has 7 rings (SSSR count). The third kappa shape index (κ3) is 3.69. The zero-order valence-electron chi connectivity index (χ0n) is 21.1. The van der Waals surface area contributed by atoms with Crippen molar-refractivity contribution in [2.45, 2.75) is 6.92 Å². The maximum absolute atomic E-state index is 13.9. The van der Waals surface area contributed by atoms with Gasteiger partial charge in [-0.1, -0.05) is 91.0 Å². The van der Waals surface area contributed by atoms with Crippen LogP contribution in [0.5, 0.6) is 11.5 Å². The molecule has 1 heterocycles. The minimum Gasteiger partial charge on any atom is -0.422 e. The van der Waals surface area contributed by atoms with Crippen molar-refractivity contribution in [3.63, 3.8) is 0 Å². The standard InChI is InChI=1S/C35H22O4/c1-21-9-8-16-28-31(21)26-14-6-7-15-27(26)34(36)38-29-19-17-22-10-2-4-12-24(22)32(29)33-25-13-5-3-11-23(25)18-20-30(33)39-35(28)37/h2-20H,1H3. The van der Waals surface area contributed by atoms with Crippen LogP contribution in [0.15, 0.2) is 115 Å². The predicted molar refractivity (Wildman–Crippen MR) is 153 cm³/mol. The van der Waals surface area contributed by atoms with Crippen molar-refractivity contribution in [2.75, 3.05) is 0 Å². The molecule has 1 aliphatic heterocycles. The normalized spacial score (nSPS) is 12.7. The number of aryl methyl sites for hydroxylation is 1. The fourth-order valence-electron chi connectivity index (χ4n) is 5.57. The molecule has 0 aliphatic carbocycles. The van der Waals surface area contributed by atoms with E-state index in [2.05, 4.69) is 0 Å². The Bertz CT molecular complexity index is 1970. The molecule has 0 radical (unpaired) electrons. The molecule has 0 amide bonds. The van der Waals surface area contributed by atoms with E-state index in [1.807, 2.05) is 104 Å². The van der Waals surface area contributed by atoms with Gasteiger partial charge >= 0.3 is 11.9 Å². The molecule has 0 aromatic heterocycles. The summed E-state index contributed by atoms with van der Waals surface area (Å²) in [6.45, 7) is 1.92. The minimum atomic E-state index is -0.493. The summed E-state index contributed by atoms with van der Waals surface area (Å²) in [5, 5.41) is 3.73. The second-order valence-electron chi connectivity index (χ2n) is 9.64. The Balaban J connectivity index is 1.62. The van der Waals surface area contributed by atoms with Gasteiger partial charge in [0.25, 0.3) is 0 Å². The summed E-state index contributed by atoms with van der Waals surface area (Å²) in [7, 11) is 0. The Morgan fingerprint density at radius 1 is 0.436 bits per heavy atom. The lowest BCUT2D eigenvalue weighted by atomic mass is 9.90. The van der Waals surface area contributed by atoms with Crippen LogP contribution in [0.1, 0.15) is 26.3 Å². The highest BCUT2D eigenvalue weighted by atomic mass is 16.5. The maximum atomic E-state index is 13.9. The van der Waals surface area contributed by atoms with Crippen LogP contribution in [0.3, 0.4) is 0 Å². The average molecular weight is 507 g/mol. The molecule has 1 aliphatic rings. The highest BCUT2D eigenvalue weighted by molar-refractivity contribution is 6.12. The maximum Gasteiger partial charge on any atom is 0.344 e. The lowest BCUT2D eigenvalue weighted by Gasteiger charge is -2.21. The number of benzene rings is 6. The van der Waals surface area contributed by atoms with Gasteiger partial charge in [-0.15, -0.1) is 0 Å². The monoisotopic (exact) mass is 506 g/mol. The Morgan fingerprint density at radius 2 is 0.923 bits per heavy atom. The van der Waals surface area contributed by atoms with E-state index in [9.17, 15) is 9.59 Å². The van der Waals surface area contributed by atoms with E-state index in [0.717, 1.165) is 27.1 Å². The molecule has 4 heteroatoms. The van der Waals surface area contributed by atoms with Crippen molar-refractivity contribution in [1.29, 1.82) is 0 Å². The molecular weight excluding hydrogens is 484 g/mol. The zero-order valence-corrected chi connectivity index (χ0v) is 21.1. The van der Waals surface area contributed by atoms with Crippen molar-refractivity contribution < 1.29 is 19.1 Å². The molecule has 6 aromatic rings. The van der Waals surface area contributed by atoms with Gasteiger partial charge in [0.15, 0.2) is 0 Å². The van der Waals surface area contributed by atoms with Gasteiger partial charge in [0.2, 0.25) is 0 Å². The van der Waals surface area contributed by atoms with Gasteiger partial charge in [-0.05, 0) is 69.4 Å². The van der Waals surface area contributed by atoms with Gasteiger partial charge in [-0.3, -0.25) is 0 Å². The third-order valence-corrected chi connectivity index (χ3v) is 7.35. The van der Waals surface area contributed by atoms with Crippen LogP contribution in [0.4, 0.5) is 0 Å². The molecule has 39 heavy (non-hydrogen) atoms. The molecule has 0 N–H and O–H groups in total. The van der Waals surface area contributed by atoms with Crippen molar-refractivity contribution in [3.8, 4) is 33.8 Å². The quantitative estimate of drug-likeness (QED) is 0.153. The molecule has 0 bridgehead atoms. The highest BCUT2D eigenvalue weighted by Gasteiger charge is 2.27. The predicted octanol–water partition coefficient (Wildman–Crippen LogP) is 8.39. The Hall–Kier alpha value is -5.22. The summed E-state index contributed by atoms with van der Waals surface area (Å²) in [5.41, 5.74) is 4.28. The van der Waals surface area contributed by atoms with Crippen LogP contribution in [0, 0.1) is 6.92 Å². The van der Waals surface area contributed by atoms with Crippen molar-refractivity contribution >= 4 is 33.5 Å². The van der Waals surface area contributed by atoms with Gasteiger partial charge in [0, 0.05) is 11.1 Å². The van der Waals surface area contributed by atoms with Crippen LogP contribution < -0.4 is 9.47 Å². The lowest BCUT2D eigenvalue weighted by molar-refractivity contribution is 0.0721. The first kappa shape index (κ1) is 22.9. The van der Waals surface area contributed by atoms with Crippen LogP contribution in [-0.2, 0) is 0 Å². The minimum absolute atomic E-state index is 0.374. The first-order valence-corrected chi connectivity index (χ1v) is 12.8. The van der Waals surface area contributed by atoms with Crippen LogP contribution in [-0.4, -0.2) is 11.9 Å². The Morgan fingerprint density at radius 3 is 1.54 bits per heavy atom. The number of hydrogen-bond acceptors (Lipinski definition) is 4. The SMILES string of the molecule is Cc1cccc2c1-c1ccccc1C(=O)Oc1ccc3ccccc3c1-c1c(ccc3ccccc13)OC2=O. The van der Waals surface area contributed by atoms with E-state index >= 15 is 0 Å². The van der Waals surface area contributed by atoms with Gasteiger partial charge in [0.05, 0.1) is 11.1 Å². The summed E-state index contributed by atoms with van der Waals surface area (Å²) in [6, 6.07) is 36.1. The lowest BCUT2D eigenvalue weighted by Crippen LogP contribution is -2.16. The number of fused-ring (bicyclic) bond motifs is 10. The third-order valence-electron chi connectivity index (χ3n) is 7.35. The Kier molecular flexibility index (Phi) is 5.27. The average Bonchev–Trinajstić information content (AvgIpc) is 2.96. The van der Waals surface area contributed by atoms with Crippen molar-refractivity contribution in [3.05, 3.63) is 132 Å². The fourth-order valence-corrected chi connectivity index (χ4v) is 5.57. The second kappa shape index (κ2) is 8.96. The van der Waals surface area contributed by atoms with E-state index < -0.39 is 11.9 Å². The number of ether oxygens (including phenoxy) is 2. The van der Waals surface area contributed by atoms with Crippen LogP contribution >= 0.6 is 0 Å². The molecule has 4 nitrogen and oxygen atoms in total. The summed E-state index contributed by atoms with van der Waals surface area (Å²) < 4.78 is 12.4. The highest BCUT2D eigenvalue weighted by Crippen LogP contribution is 2.46. The van der Waals surface area contributed by atoms with E-state index in [4.69, 9.17) is 9.47 Å². The van der Waals surface area contributed by atoms with Gasteiger partial charge < -0.3 is 9.47 Å². The molecule has 0 spiro atoms. The second-order valence-corrected chi connectivity index (χ2v) is 9.64. The molecular formula is C35H22O4. The summed E-state index contributed by atoms with van der Waals surface area (Å²) in [5.74, 6) is -0.191. The summed E-state index contributed by atoms with van der Waals surface area (Å²) in [6.07, 6.45) is 0. The summed E-state index contributed by atoms with van der Waals surface area (Å²) in [4.78, 5) is 27.8. The topological polar surface area (TPSA) is 52.6 Å². The first-order chi connectivity index (χ1) is 19.1. The first-order valence-electron chi connectivity index (χ1n) is 12.8. The van der Waals surface area contributed by atoms with E-state index in [1.165, 1.54) is 0 Å². The van der Waals surface area contributed by atoms with Crippen molar-refractivity contribution in [2.24, 2.45) is 0 Å². The summed E-state index contributed by atoms with van der Waals surface area (Å²) >= 11 is 0. The van der Waals surface area contributed by atoms with Gasteiger partial charge in [0.1, 0.15) is 11.5 Å². The van der Waals surface area contributed by atoms with E-state index in [1.54, 1.807) is 18.2 Å². The molecule has 0 atom stereocenters. The van der Waals surface area contributed by atoms with Gasteiger partial charge in [-0.25, -0.2) is 9.59 Å². The smallest absolute Gasteiger partial charge is 0.344 e. The van der Waals surface area contributed by atoms with E-state index in [-0.39, 0.29) is 0 Å². The largest absolute Gasteiger partial charge is 0.422 e. The fraction of sp³-hybridized carbons (Fsp3) is 0.0286. The van der Waals surface area contributed by atoms with Crippen molar-refractivity contribution in [1.82, 2.24) is 0 Å². The molecule has 186 valence electrons. The number of hydrogen-bond donors (Lipinski definition) is 0. The zero-order chi connectivity index (χ0) is 26.5. The van der Waals surface area contributed by atoms with E-state index in [0.29, 0.717) is 44.9 Å². The number of carbonyl (C=O) groups is 2.